The van der Waals surface area contributed by atoms with Gasteiger partial charge in [-0.25, -0.2) is 0 Å². The number of rotatable bonds is 4. The maximum Gasteiger partial charge on any atom is 0.276 e. The fraction of sp³-hybridized carbons (Fsp3) is 0.714. The molecule has 0 aromatic carbocycles. The van der Waals surface area contributed by atoms with Crippen LogP contribution >= 0.6 is 11.8 Å². The molecular formula is C7H11N3OS. The Labute approximate surface area is 74.9 Å². The number of aromatic nitrogens is 2. The van der Waals surface area contributed by atoms with Crippen LogP contribution in [0, 0.1) is 5.92 Å². The van der Waals surface area contributed by atoms with Gasteiger partial charge in [0, 0.05) is 5.75 Å². The second kappa shape index (κ2) is 3.45. The first-order valence-electron chi connectivity index (χ1n) is 4.03. The van der Waals surface area contributed by atoms with E-state index in [0.717, 1.165) is 11.7 Å². The zero-order valence-electron chi connectivity index (χ0n) is 6.69. The maximum atomic E-state index is 5.33. The van der Waals surface area contributed by atoms with Crippen LogP contribution in [0.15, 0.2) is 9.64 Å². The van der Waals surface area contributed by atoms with Crippen molar-refractivity contribution in [3.8, 4) is 0 Å². The Bertz CT molecular complexity index is 259. The molecule has 0 atom stereocenters. The second-order valence-corrected chi connectivity index (χ2v) is 3.89. The lowest BCUT2D eigenvalue weighted by molar-refractivity contribution is 0.414. The fourth-order valence-corrected chi connectivity index (χ4v) is 1.82. The van der Waals surface area contributed by atoms with Crippen LogP contribution < -0.4 is 5.73 Å². The monoisotopic (exact) mass is 185 g/mol. The number of thioether (sulfide) groups is 1. The molecule has 5 heteroatoms. The highest BCUT2D eigenvalue weighted by Crippen LogP contribution is 2.34. The number of nitrogens with two attached hydrogens (primary N) is 1. The second-order valence-electron chi connectivity index (χ2n) is 2.92. The van der Waals surface area contributed by atoms with Crippen LogP contribution in [0.1, 0.15) is 18.7 Å². The highest BCUT2D eigenvalue weighted by atomic mass is 32.2. The quantitative estimate of drug-likeness (QED) is 0.710. The van der Waals surface area contributed by atoms with E-state index in [1.165, 1.54) is 12.8 Å². The Kier molecular flexibility index (Phi) is 2.32. The molecule has 0 spiro atoms. The molecule has 0 unspecified atom stereocenters. The zero-order chi connectivity index (χ0) is 8.39. The van der Waals surface area contributed by atoms with E-state index in [4.69, 9.17) is 10.2 Å². The highest BCUT2D eigenvalue weighted by Gasteiger charge is 2.22. The largest absolute Gasteiger partial charge is 0.415 e. The minimum atomic E-state index is 0.330. The van der Waals surface area contributed by atoms with Crippen LogP contribution in [-0.2, 0) is 6.54 Å². The molecule has 0 bridgehead atoms. The Hall–Kier alpha value is -0.550. The van der Waals surface area contributed by atoms with E-state index in [9.17, 15) is 0 Å². The van der Waals surface area contributed by atoms with E-state index in [-0.39, 0.29) is 0 Å². The van der Waals surface area contributed by atoms with E-state index in [0.29, 0.717) is 17.7 Å². The zero-order valence-corrected chi connectivity index (χ0v) is 7.51. The number of nitrogens with zero attached hydrogens (tertiary/aromatic N) is 2. The first kappa shape index (κ1) is 8.07. The van der Waals surface area contributed by atoms with Crippen LogP contribution in [0.4, 0.5) is 0 Å². The van der Waals surface area contributed by atoms with Crippen molar-refractivity contribution in [3.05, 3.63) is 5.89 Å². The summed E-state index contributed by atoms with van der Waals surface area (Å²) in [7, 11) is 0. The van der Waals surface area contributed by atoms with Crippen LogP contribution in [0.3, 0.4) is 0 Å². The molecule has 1 saturated carbocycles. The summed E-state index contributed by atoms with van der Waals surface area (Å²) >= 11 is 1.63. The molecule has 0 aliphatic heterocycles. The predicted octanol–water partition coefficient (Wildman–Crippen LogP) is 1.03. The van der Waals surface area contributed by atoms with E-state index >= 15 is 0 Å². The molecule has 1 heterocycles. The van der Waals surface area contributed by atoms with Gasteiger partial charge in [-0.15, -0.1) is 10.2 Å². The third kappa shape index (κ3) is 1.98. The molecule has 12 heavy (non-hydrogen) atoms. The topological polar surface area (TPSA) is 64.9 Å². The van der Waals surface area contributed by atoms with Crippen LogP contribution in [0.5, 0.6) is 0 Å². The van der Waals surface area contributed by atoms with E-state index in [2.05, 4.69) is 10.2 Å². The summed E-state index contributed by atoms with van der Waals surface area (Å²) in [5.74, 6) is 2.50. The molecule has 1 fully saturated rings. The van der Waals surface area contributed by atoms with Gasteiger partial charge in [0.2, 0.25) is 5.89 Å². The van der Waals surface area contributed by atoms with Gasteiger partial charge in [0.15, 0.2) is 0 Å². The third-order valence-corrected chi connectivity index (χ3v) is 2.81. The van der Waals surface area contributed by atoms with E-state index in [1.54, 1.807) is 11.8 Å². The smallest absolute Gasteiger partial charge is 0.276 e. The van der Waals surface area contributed by atoms with Gasteiger partial charge in [0.25, 0.3) is 5.22 Å². The Morgan fingerprint density at radius 2 is 2.33 bits per heavy atom. The van der Waals surface area contributed by atoms with Crippen molar-refractivity contribution in [2.45, 2.75) is 24.6 Å². The summed E-state index contributed by atoms with van der Waals surface area (Å²) < 4.78 is 5.23. The van der Waals surface area contributed by atoms with Gasteiger partial charge in [0.05, 0.1) is 6.54 Å². The van der Waals surface area contributed by atoms with Gasteiger partial charge < -0.3 is 10.2 Å². The van der Waals surface area contributed by atoms with Crippen molar-refractivity contribution in [3.63, 3.8) is 0 Å². The van der Waals surface area contributed by atoms with Crippen molar-refractivity contribution in [2.75, 3.05) is 5.75 Å². The lowest BCUT2D eigenvalue weighted by atomic mass is 10.5. The lowest BCUT2D eigenvalue weighted by Crippen LogP contribution is -1.95. The van der Waals surface area contributed by atoms with Crippen molar-refractivity contribution in [1.82, 2.24) is 10.2 Å². The normalized spacial score (nSPS) is 16.8. The molecule has 2 N–H and O–H groups in total. The molecule has 1 aromatic rings. The fourth-order valence-electron chi connectivity index (χ4n) is 0.853. The van der Waals surface area contributed by atoms with E-state index < -0.39 is 0 Å². The average molecular weight is 185 g/mol. The van der Waals surface area contributed by atoms with E-state index in [1.807, 2.05) is 0 Å². The van der Waals surface area contributed by atoms with Gasteiger partial charge >= 0.3 is 0 Å². The lowest BCUT2D eigenvalue weighted by Gasteiger charge is -1.90. The summed E-state index contributed by atoms with van der Waals surface area (Å²) in [6.45, 7) is 0.330. The van der Waals surface area contributed by atoms with Gasteiger partial charge in [-0.2, -0.15) is 0 Å². The predicted molar refractivity (Wildman–Crippen MR) is 45.6 cm³/mol. The molecule has 1 aliphatic rings. The van der Waals surface area contributed by atoms with Crippen LogP contribution in [0.25, 0.3) is 0 Å². The molecule has 66 valence electrons. The molecule has 0 radical (unpaired) electrons. The maximum absolute atomic E-state index is 5.33. The van der Waals surface area contributed by atoms with Gasteiger partial charge in [-0.05, 0) is 18.8 Å². The number of hydrogen-bond donors (Lipinski definition) is 1. The molecule has 0 amide bonds. The summed E-state index contributed by atoms with van der Waals surface area (Å²) in [4.78, 5) is 0. The molecule has 1 aromatic heterocycles. The summed E-state index contributed by atoms with van der Waals surface area (Å²) in [6, 6.07) is 0. The van der Waals surface area contributed by atoms with Gasteiger partial charge in [0.1, 0.15) is 0 Å². The highest BCUT2D eigenvalue weighted by molar-refractivity contribution is 7.99. The average Bonchev–Trinajstić information content (AvgIpc) is 2.81. The van der Waals surface area contributed by atoms with Crippen molar-refractivity contribution in [1.29, 1.82) is 0 Å². The minimum absolute atomic E-state index is 0.330. The van der Waals surface area contributed by atoms with Crippen molar-refractivity contribution < 1.29 is 4.42 Å². The Balaban J connectivity index is 1.84. The molecule has 1 aliphatic carbocycles. The molecule has 2 rings (SSSR count). The summed E-state index contributed by atoms with van der Waals surface area (Å²) in [6.07, 6.45) is 2.70. The summed E-state index contributed by atoms with van der Waals surface area (Å²) in [5.41, 5.74) is 5.33. The molecule has 0 saturated heterocycles. The minimum Gasteiger partial charge on any atom is -0.415 e. The van der Waals surface area contributed by atoms with Crippen molar-refractivity contribution in [2.24, 2.45) is 11.7 Å². The SMILES string of the molecule is NCc1nnc(SCC2CC2)o1. The Morgan fingerprint density at radius 3 is 2.92 bits per heavy atom. The molecule has 4 nitrogen and oxygen atoms in total. The van der Waals surface area contributed by atoms with Crippen LogP contribution in [-0.4, -0.2) is 16.0 Å². The van der Waals surface area contributed by atoms with Gasteiger partial charge in [-0.1, -0.05) is 11.8 Å². The van der Waals surface area contributed by atoms with Crippen LogP contribution in [0.2, 0.25) is 0 Å². The Morgan fingerprint density at radius 1 is 1.50 bits per heavy atom. The summed E-state index contributed by atoms with van der Waals surface area (Å²) in [5, 5.41) is 8.28. The first-order chi connectivity index (χ1) is 5.88. The molecular weight excluding hydrogens is 174 g/mol. The third-order valence-electron chi connectivity index (χ3n) is 1.76. The van der Waals surface area contributed by atoms with Crippen molar-refractivity contribution >= 4 is 11.8 Å². The standard InChI is InChI=1S/C7H11N3OS/c8-3-6-9-10-7(11-6)12-4-5-1-2-5/h5H,1-4,8H2. The van der Waals surface area contributed by atoms with Gasteiger partial charge in [-0.3, -0.25) is 0 Å². The first-order valence-corrected chi connectivity index (χ1v) is 5.02. The number of hydrogen-bond acceptors (Lipinski definition) is 5.